The highest BCUT2D eigenvalue weighted by Crippen LogP contribution is 2.16. The molecule has 2 amide bonds. The van der Waals surface area contributed by atoms with E-state index in [9.17, 15) is 22.8 Å². The lowest BCUT2D eigenvalue weighted by Gasteiger charge is -2.24. The van der Waals surface area contributed by atoms with Crippen molar-refractivity contribution in [1.29, 1.82) is 0 Å². The molecule has 20 heavy (non-hydrogen) atoms. The molecule has 0 saturated heterocycles. The zero-order valence-electron chi connectivity index (χ0n) is 11.7. The zero-order chi connectivity index (χ0) is 15.9. The number of alkyl halides is 3. The number of carboxylic acids is 1. The maximum absolute atomic E-state index is 12.2. The van der Waals surface area contributed by atoms with Gasteiger partial charge in [-0.25, -0.2) is 4.79 Å². The molecule has 0 aliphatic heterocycles. The minimum absolute atomic E-state index is 0.140. The van der Waals surface area contributed by atoms with Crippen LogP contribution in [0.4, 0.5) is 18.0 Å². The lowest BCUT2D eigenvalue weighted by Crippen LogP contribution is -2.48. The molecule has 0 heterocycles. The van der Waals surface area contributed by atoms with Crippen molar-refractivity contribution in [2.24, 2.45) is 0 Å². The minimum atomic E-state index is -4.64. The van der Waals surface area contributed by atoms with Crippen LogP contribution in [0, 0.1) is 0 Å². The number of nitrogens with one attached hydrogen (secondary N) is 1. The molecular formula is C11H20F3N3O3. The third kappa shape index (κ3) is 8.57. The molecule has 0 aromatic heterocycles. The second-order valence-electron chi connectivity index (χ2n) is 4.67. The number of aliphatic carboxylic acids is 1. The van der Waals surface area contributed by atoms with Crippen LogP contribution in [0.25, 0.3) is 0 Å². The smallest absolute Gasteiger partial charge is 0.406 e. The molecule has 6 nitrogen and oxygen atoms in total. The quantitative estimate of drug-likeness (QED) is 0.735. The van der Waals surface area contributed by atoms with Crippen LogP contribution < -0.4 is 5.32 Å². The van der Waals surface area contributed by atoms with E-state index in [1.54, 1.807) is 0 Å². The average Bonchev–Trinajstić information content (AvgIpc) is 2.24. The van der Waals surface area contributed by atoms with Gasteiger partial charge in [0.25, 0.3) is 0 Å². The van der Waals surface area contributed by atoms with Gasteiger partial charge in [-0.1, -0.05) is 0 Å². The summed E-state index contributed by atoms with van der Waals surface area (Å²) in [6.45, 7) is 1.87. The molecule has 0 atom stereocenters. The van der Waals surface area contributed by atoms with Gasteiger partial charge in [-0.3, -0.25) is 4.79 Å². The Balaban J connectivity index is 4.37. The number of amides is 2. The molecule has 118 valence electrons. The lowest BCUT2D eigenvalue weighted by atomic mass is 10.3. The van der Waals surface area contributed by atoms with Gasteiger partial charge in [0, 0.05) is 19.1 Å². The van der Waals surface area contributed by atoms with Crippen LogP contribution in [-0.2, 0) is 4.79 Å². The second-order valence-corrected chi connectivity index (χ2v) is 4.67. The summed E-state index contributed by atoms with van der Waals surface area (Å²) in [6, 6.07) is -0.806. The van der Waals surface area contributed by atoms with E-state index in [4.69, 9.17) is 5.11 Å². The number of likely N-dealkylation sites (N-methyl/N-ethyl adjacent to an activating group) is 1. The fraction of sp³-hybridized carbons (Fsp3) is 0.818. The molecule has 0 aliphatic carbocycles. The van der Waals surface area contributed by atoms with E-state index in [2.05, 4.69) is 5.32 Å². The standard InChI is InChI=1S/C11H20F3N3O3/c1-8(2)16(3)5-4-15-10(20)17(6-9(18)19)7-11(12,13)14/h8H,4-7H2,1-3H3,(H,15,20)(H,18,19). The van der Waals surface area contributed by atoms with Gasteiger partial charge in [-0.2, -0.15) is 13.2 Å². The molecule has 0 fully saturated rings. The molecule has 0 spiro atoms. The van der Waals surface area contributed by atoms with Crippen molar-refractivity contribution in [2.45, 2.75) is 26.1 Å². The fourth-order valence-corrected chi connectivity index (χ4v) is 1.29. The first-order valence-electron chi connectivity index (χ1n) is 6.04. The zero-order valence-corrected chi connectivity index (χ0v) is 11.7. The summed E-state index contributed by atoms with van der Waals surface area (Å²) in [6.07, 6.45) is -4.64. The van der Waals surface area contributed by atoms with Crippen molar-refractivity contribution in [3.63, 3.8) is 0 Å². The van der Waals surface area contributed by atoms with E-state index in [1.807, 2.05) is 25.8 Å². The van der Waals surface area contributed by atoms with Crippen molar-refractivity contribution in [3.05, 3.63) is 0 Å². The summed E-state index contributed by atoms with van der Waals surface area (Å²) in [4.78, 5) is 24.1. The molecular weight excluding hydrogens is 279 g/mol. The minimum Gasteiger partial charge on any atom is -0.480 e. The van der Waals surface area contributed by atoms with E-state index >= 15 is 0 Å². The molecule has 0 bridgehead atoms. The number of carbonyl (C=O) groups is 2. The fourth-order valence-electron chi connectivity index (χ4n) is 1.29. The molecule has 0 aliphatic rings. The third-order valence-corrected chi connectivity index (χ3v) is 2.61. The third-order valence-electron chi connectivity index (χ3n) is 2.61. The summed E-state index contributed by atoms with van der Waals surface area (Å²) in [5.74, 6) is -1.50. The maximum Gasteiger partial charge on any atom is 0.406 e. The summed E-state index contributed by atoms with van der Waals surface area (Å²) >= 11 is 0. The van der Waals surface area contributed by atoms with Gasteiger partial charge in [0.05, 0.1) is 0 Å². The average molecular weight is 299 g/mol. The van der Waals surface area contributed by atoms with Crippen molar-refractivity contribution >= 4 is 12.0 Å². The number of nitrogens with zero attached hydrogens (tertiary/aromatic N) is 2. The van der Waals surface area contributed by atoms with E-state index in [-0.39, 0.29) is 17.5 Å². The van der Waals surface area contributed by atoms with Gasteiger partial charge in [0.15, 0.2) is 0 Å². The predicted molar refractivity (Wildman–Crippen MR) is 66.4 cm³/mol. The first-order chi connectivity index (χ1) is 9.03. The Labute approximate surface area is 115 Å². The van der Waals surface area contributed by atoms with Crippen molar-refractivity contribution in [2.75, 3.05) is 33.2 Å². The largest absolute Gasteiger partial charge is 0.480 e. The predicted octanol–water partition coefficient (Wildman–Crippen LogP) is 0.985. The number of carbonyl (C=O) groups excluding carboxylic acids is 1. The number of hydrogen-bond acceptors (Lipinski definition) is 3. The SMILES string of the molecule is CC(C)N(C)CCNC(=O)N(CC(=O)O)CC(F)(F)F. The molecule has 0 aromatic rings. The van der Waals surface area contributed by atoms with Crippen LogP contribution in [0.15, 0.2) is 0 Å². The van der Waals surface area contributed by atoms with E-state index < -0.39 is 31.3 Å². The van der Waals surface area contributed by atoms with Crippen LogP contribution in [0.5, 0.6) is 0 Å². The Hall–Kier alpha value is -1.51. The van der Waals surface area contributed by atoms with Gasteiger partial charge in [0.2, 0.25) is 0 Å². The van der Waals surface area contributed by atoms with Gasteiger partial charge in [0.1, 0.15) is 13.1 Å². The highest BCUT2D eigenvalue weighted by atomic mass is 19.4. The van der Waals surface area contributed by atoms with Crippen molar-refractivity contribution < 1.29 is 27.9 Å². The molecule has 2 N–H and O–H groups in total. The summed E-state index contributed by atoms with van der Waals surface area (Å²) in [5, 5.41) is 10.8. The van der Waals surface area contributed by atoms with Gasteiger partial charge < -0.3 is 20.2 Å². The molecule has 0 radical (unpaired) electrons. The number of hydrogen-bond donors (Lipinski definition) is 2. The van der Waals surface area contributed by atoms with Crippen LogP contribution in [0.2, 0.25) is 0 Å². The van der Waals surface area contributed by atoms with Gasteiger partial charge >= 0.3 is 18.2 Å². The topological polar surface area (TPSA) is 72.9 Å². The Morgan fingerprint density at radius 3 is 2.25 bits per heavy atom. The van der Waals surface area contributed by atoms with Crippen molar-refractivity contribution in [3.8, 4) is 0 Å². The molecule has 0 saturated carbocycles. The molecule has 9 heteroatoms. The monoisotopic (exact) mass is 299 g/mol. The highest BCUT2D eigenvalue weighted by molar-refractivity contribution is 5.80. The summed E-state index contributed by atoms with van der Waals surface area (Å²) in [5.41, 5.74) is 0. The Morgan fingerprint density at radius 2 is 1.85 bits per heavy atom. The van der Waals surface area contributed by atoms with E-state index in [1.165, 1.54) is 0 Å². The summed E-state index contributed by atoms with van der Waals surface area (Å²) < 4.78 is 36.7. The number of halogens is 3. The Kier molecular flexibility index (Phi) is 7.33. The van der Waals surface area contributed by atoms with E-state index in [0.29, 0.717) is 6.54 Å². The van der Waals surface area contributed by atoms with Gasteiger partial charge in [-0.05, 0) is 20.9 Å². The number of rotatable bonds is 7. The van der Waals surface area contributed by atoms with Crippen LogP contribution >= 0.6 is 0 Å². The van der Waals surface area contributed by atoms with E-state index in [0.717, 1.165) is 0 Å². The number of carboxylic acid groups (broad SMARTS) is 1. The first-order valence-corrected chi connectivity index (χ1v) is 6.04. The van der Waals surface area contributed by atoms with Crippen LogP contribution in [0.1, 0.15) is 13.8 Å². The first kappa shape index (κ1) is 18.5. The normalized spacial score (nSPS) is 11.8. The van der Waals surface area contributed by atoms with Gasteiger partial charge in [-0.15, -0.1) is 0 Å². The Bertz CT molecular complexity index is 335. The highest BCUT2D eigenvalue weighted by Gasteiger charge is 2.33. The molecule has 0 rings (SSSR count). The Morgan fingerprint density at radius 1 is 1.30 bits per heavy atom. The maximum atomic E-state index is 12.2. The van der Waals surface area contributed by atoms with Crippen LogP contribution in [-0.4, -0.2) is 72.4 Å². The van der Waals surface area contributed by atoms with Crippen molar-refractivity contribution in [1.82, 2.24) is 15.1 Å². The number of urea groups is 1. The summed E-state index contributed by atoms with van der Waals surface area (Å²) in [7, 11) is 1.81. The second kappa shape index (κ2) is 7.93. The molecule has 0 aromatic carbocycles. The molecule has 0 unspecified atom stereocenters. The lowest BCUT2D eigenvalue weighted by molar-refractivity contribution is -0.148. The van der Waals surface area contributed by atoms with Crippen LogP contribution in [0.3, 0.4) is 0 Å².